The third kappa shape index (κ3) is 5.34. The zero-order chi connectivity index (χ0) is 15.8. The number of nitrogens with two attached hydrogens (primary N) is 1. The molecule has 2 unspecified atom stereocenters. The van der Waals surface area contributed by atoms with Crippen LogP contribution in [0.25, 0.3) is 0 Å². The molecule has 21 heavy (non-hydrogen) atoms. The molecule has 0 bridgehead atoms. The number of hydrogen-bond acceptors (Lipinski definition) is 4. The lowest BCUT2D eigenvalue weighted by atomic mass is 10.0. The molecule has 1 aromatic rings. The van der Waals surface area contributed by atoms with Crippen LogP contribution < -0.4 is 10.5 Å². The Morgan fingerprint density at radius 3 is 2.52 bits per heavy atom. The van der Waals surface area contributed by atoms with Crippen molar-refractivity contribution >= 4 is 5.97 Å². The summed E-state index contributed by atoms with van der Waals surface area (Å²) in [5, 5.41) is 0. The molecule has 5 heteroatoms. The minimum Gasteiger partial charge on any atom is -0.476 e. The van der Waals surface area contributed by atoms with Gasteiger partial charge in [-0.1, -0.05) is 19.9 Å². The van der Waals surface area contributed by atoms with Gasteiger partial charge in [-0.2, -0.15) is 0 Å². The average molecular weight is 297 g/mol. The highest BCUT2D eigenvalue weighted by molar-refractivity contribution is 5.75. The summed E-state index contributed by atoms with van der Waals surface area (Å²) in [5.41, 5.74) is 6.67. The Balaban J connectivity index is 2.77. The Kier molecular flexibility index (Phi) is 7.15. The van der Waals surface area contributed by atoms with Crippen LogP contribution in [-0.4, -0.2) is 24.7 Å². The van der Waals surface area contributed by atoms with Crippen LogP contribution in [0, 0.1) is 5.82 Å². The van der Waals surface area contributed by atoms with Crippen molar-refractivity contribution in [1.29, 1.82) is 0 Å². The number of carbonyl (C=O) groups excluding carboxylic acids is 1. The van der Waals surface area contributed by atoms with E-state index in [9.17, 15) is 9.18 Å². The Labute approximate surface area is 125 Å². The summed E-state index contributed by atoms with van der Waals surface area (Å²) in [6, 6.07) is 4.72. The first kappa shape index (κ1) is 17.4. The first-order valence-electron chi connectivity index (χ1n) is 7.39. The fourth-order valence-electron chi connectivity index (χ4n) is 1.90. The number of hydrogen-bond donors (Lipinski definition) is 1. The molecular formula is C16H24FNO3. The first-order valence-corrected chi connectivity index (χ1v) is 7.39. The molecule has 0 aliphatic heterocycles. The van der Waals surface area contributed by atoms with E-state index in [4.69, 9.17) is 15.2 Å². The van der Waals surface area contributed by atoms with Crippen molar-refractivity contribution in [3.63, 3.8) is 0 Å². The Morgan fingerprint density at radius 1 is 1.29 bits per heavy atom. The van der Waals surface area contributed by atoms with Gasteiger partial charge < -0.3 is 15.2 Å². The summed E-state index contributed by atoms with van der Waals surface area (Å²) in [7, 11) is 0. The van der Waals surface area contributed by atoms with Gasteiger partial charge in [-0.25, -0.2) is 9.18 Å². The van der Waals surface area contributed by atoms with Crippen LogP contribution in [0.1, 0.15) is 39.2 Å². The number of benzene rings is 1. The molecule has 0 heterocycles. The molecule has 2 N–H and O–H groups in total. The molecule has 0 saturated carbocycles. The maximum Gasteiger partial charge on any atom is 0.347 e. The van der Waals surface area contributed by atoms with Crippen molar-refractivity contribution < 1.29 is 18.7 Å². The molecule has 0 radical (unpaired) electrons. The van der Waals surface area contributed by atoms with E-state index in [-0.39, 0.29) is 18.4 Å². The molecule has 1 aromatic carbocycles. The Hall–Kier alpha value is -1.62. The highest BCUT2D eigenvalue weighted by atomic mass is 19.1. The molecule has 118 valence electrons. The van der Waals surface area contributed by atoms with E-state index in [1.165, 1.54) is 12.1 Å². The van der Waals surface area contributed by atoms with Gasteiger partial charge in [0.05, 0.1) is 6.61 Å². The second-order valence-electron chi connectivity index (χ2n) is 4.90. The van der Waals surface area contributed by atoms with Crippen molar-refractivity contribution in [2.24, 2.45) is 5.73 Å². The second-order valence-corrected chi connectivity index (χ2v) is 4.90. The van der Waals surface area contributed by atoms with Crippen LogP contribution in [-0.2, 0) is 16.0 Å². The Bertz CT molecular complexity index is 465. The van der Waals surface area contributed by atoms with E-state index in [1.807, 2.05) is 6.92 Å². The minimum atomic E-state index is -0.789. The standard InChI is InChI=1S/C16H24FNO3/c1-4-12(18)9-11-7-8-15(13(17)10-11)21-14(5-2)16(19)20-6-3/h7-8,10,12,14H,4-6,9,18H2,1-3H3. The van der Waals surface area contributed by atoms with Gasteiger partial charge in [0.25, 0.3) is 0 Å². The normalized spacial score (nSPS) is 13.6. The quantitative estimate of drug-likeness (QED) is 0.750. The summed E-state index contributed by atoms with van der Waals surface area (Å²) < 4.78 is 24.3. The predicted octanol–water partition coefficient (Wildman–Crippen LogP) is 2.83. The van der Waals surface area contributed by atoms with E-state index in [0.717, 1.165) is 12.0 Å². The molecule has 0 aliphatic rings. The SMILES string of the molecule is CCOC(=O)C(CC)Oc1ccc(CC(N)CC)cc1F. The molecule has 2 atom stereocenters. The summed E-state index contributed by atoms with van der Waals surface area (Å²) in [4.78, 5) is 11.7. The smallest absolute Gasteiger partial charge is 0.347 e. The first-order chi connectivity index (χ1) is 10.0. The lowest BCUT2D eigenvalue weighted by Crippen LogP contribution is -2.29. The van der Waals surface area contributed by atoms with Crippen molar-refractivity contribution in [2.75, 3.05) is 6.61 Å². The molecule has 4 nitrogen and oxygen atoms in total. The maximum atomic E-state index is 14.0. The van der Waals surface area contributed by atoms with Gasteiger partial charge in [-0.15, -0.1) is 0 Å². The molecule has 0 amide bonds. The Morgan fingerprint density at radius 2 is 2.00 bits per heavy atom. The molecule has 0 aromatic heterocycles. The lowest BCUT2D eigenvalue weighted by Gasteiger charge is -2.17. The van der Waals surface area contributed by atoms with Crippen LogP contribution in [0.5, 0.6) is 5.75 Å². The third-order valence-corrected chi connectivity index (χ3v) is 3.21. The van der Waals surface area contributed by atoms with Crippen LogP contribution in [0.2, 0.25) is 0 Å². The third-order valence-electron chi connectivity index (χ3n) is 3.21. The highest BCUT2D eigenvalue weighted by Crippen LogP contribution is 2.21. The largest absolute Gasteiger partial charge is 0.476 e. The van der Waals surface area contributed by atoms with Gasteiger partial charge >= 0.3 is 5.97 Å². The molecular weight excluding hydrogens is 273 g/mol. The van der Waals surface area contributed by atoms with Gasteiger partial charge in [-0.05, 0) is 43.9 Å². The second kappa shape index (κ2) is 8.62. The number of ether oxygens (including phenoxy) is 2. The fraction of sp³-hybridized carbons (Fsp3) is 0.562. The predicted molar refractivity (Wildman–Crippen MR) is 79.7 cm³/mol. The summed E-state index contributed by atoms with van der Waals surface area (Å²) >= 11 is 0. The zero-order valence-corrected chi connectivity index (χ0v) is 12.9. The van der Waals surface area contributed by atoms with Gasteiger partial charge in [0.15, 0.2) is 17.7 Å². The van der Waals surface area contributed by atoms with Gasteiger partial charge in [0.1, 0.15) is 0 Å². The number of halogens is 1. The average Bonchev–Trinajstić information content (AvgIpc) is 2.46. The molecule has 0 spiro atoms. The fourth-order valence-corrected chi connectivity index (χ4v) is 1.90. The topological polar surface area (TPSA) is 61.5 Å². The number of carbonyl (C=O) groups is 1. The van der Waals surface area contributed by atoms with E-state index < -0.39 is 17.9 Å². The highest BCUT2D eigenvalue weighted by Gasteiger charge is 2.21. The lowest BCUT2D eigenvalue weighted by molar-refractivity contribution is -0.151. The van der Waals surface area contributed by atoms with Crippen molar-refractivity contribution in [2.45, 2.75) is 52.2 Å². The van der Waals surface area contributed by atoms with Crippen molar-refractivity contribution in [1.82, 2.24) is 0 Å². The summed E-state index contributed by atoms with van der Waals surface area (Å²) in [6.07, 6.45) is 1.08. The molecule has 0 fully saturated rings. The number of esters is 1. The molecule has 0 aliphatic carbocycles. The van der Waals surface area contributed by atoms with Crippen LogP contribution in [0.4, 0.5) is 4.39 Å². The monoisotopic (exact) mass is 297 g/mol. The maximum absolute atomic E-state index is 14.0. The zero-order valence-electron chi connectivity index (χ0n) is 12.9. The summed E-state index contributed by atoms with van der Waals surface area (Å²) in [5.74, 6) is -0.904. The van der Waals surface area contributed by atoms with Gasteiger partial charge in [0.2, 0.25) is 0 Å². The van der Waals surface area contributed by atoms with E-state index in [2.05, 4.69) is 0 Å². The molecule has 1 rings (SSSR count). The van der Waals surface area contributed by atoms with E-state index in [0.29, 0.717) is 12.8 Å². The van der Waals surface area contributed by atoms with Crippen molar-refractivity contribution in [3.05, 3.63) is 29.6 Å². The van der Waals surface area contributed by atoms with Crippen molar-refractivity contribution in [3.8, 4) is 5.75 Å². The van der Waals surface area contributed by atoms with E-state index in [1.54, 1.807) is 19.9 Å². The van der Waals surface area contributed by atoms with Gasteiger partial charge in [0, 0.05) is 6.04 Å². The van der Waals surface area contributed by atoms with Crippen LogP contribution >= 0.6 is 0 Å². The van der Waals surface area contributed by atoms with Gasteiger partial charge in [-0.3, -0.25) is 0 Å². The molecule has 0 saturated heterocycles. The summed E-state index contributed by atoms with van der Waals surface area (Å²) in [6.45, 7) is 5.77. The van der Waals surface area contributed by atoms with E-state index >= 15 is 0 Å². The minimum absolute atomic E-state index is 0.0130. The number of rotatable bonds is 8. The van der Waals surface area contributed by atoms with Crippen LogP contribution in [0.3, 0.4) is 0 Å². The van der Waals surface area contributed by atoms with Crippen LogP contribution in [0.15, 0.2) is 18.2 Å².